The maximum Gasteiger partial charge on any atom is 0.469 e. The second kappa shape index (κ2) is 6.90. The van der Waals surface area contributed by atoms with Gasteiger partial charge in [-0.15, -0.1) is 0 Å². The van der Waals surface area contributed by atoms with Crippen molar-refractivity contribution in [3.63, 3.8) is 0 Å². The first-order chi connectivity index (χ1) is 8.04. The fraction of sp³-hybridized carbons (Fsp3) is 0.714. The smallest absolute Gasteiger partial charge is 0.469 e. The summed E-state index contributed by atoms with van der Waals surface area (Å²) in [4.78, 5) is 37.5. The van der Waals surface area contributed by atoms with Crippen molar-refractivity contribution in [2.75, 3.05) is 6.61 Å². The lowest BCUT2D eigenvalue weighted by Gasteiger charge is -2.21. The van der Waals surface area contributed by atoms with Gasteiger partial charge in [0.25, 0.3) is 0 Å². The van der Waals surface area contributed by atoms with Crippen molar-refractivity contribution in [3.8, 4) is 0 Å². The zero-order chi connectivity index (χ0) is 14.5. The van der Waals surface area contributed by atoms with Crippen molar-refractivity contribution in [2.45, 2.75) is 24.7 Å². The maximum absolute atomic E-state index is 10.7. The highest BCUT2D eigenvalue weighted by molar-refractivity contribution is 7.46. The van der Waals surface area contributed by atoms with Gasteiger partial charge in [0, 0.05) is 6.42 Å². The van der Waals surface area contributed by atoms with Gasteiger partial charge in [0.15, 0.2) is 0 Å². The van der Waals surface area contributed by atoms with Crippen LogP contribution in [0.25, 0.3) is 0 Å². The molecular weight excluding hydrogens is 275 g/mol. The third-order valence-corrected chi connectivity index (χ3v) is 2.32. The Morgan fingerprint density at radius 3 is 2.00 bits per heavy atom. The van der Waals surface area contributed by atoms with Crippen molar-refractivity contribution >= 4 is 19.6 Å². The molecule has 10 nitrogen and oxygen atoms in total. The lowest BCUT2D eigenvalue weighted by Crippen LogP contribution is -2.41. The molecule has 0 aromatic rings. The maximum atomic E-state index is 10.7. The quantitative estimate of drug-likeness (QED) is 0.202. The van der Waals surface area contributed by atoms with Crippen LogP contribution in [0.3, 0.4) is 0 Å². The summed E-state index contributed by atoms with van der Waals surface area (Å²) in [7, 11) is -4.85. The summed E-state index contributed by atoms with van der Waals surface area (Å²) in [6.45, 7) is -0.996. The number of hydrogen-bond acceptors (Lipinski definition) is 7. The number of aliphatic hydroxyl groups excluding tert-OH is 3. The van der Waals surface area contributed by atoms with E-state index in [0.29, 0.717) is 0 Å². The van der Waals surface area contributed by atoms with Gasteiger partial charge in [-0.25, -0.2) is 9.36 Å². The van der Waals surface area contributed by atoms with Gasteiger partial charge in [-0.1, -0.05) is 0 Å². The Bertz CT molecular complexity index is 348. The minimum absolute atomic E-state index is 0.955. The van der Waals surface area contributed by atoms with Gasteiger partial charge < -0.3 is 30.2 Å². The van der Waals surface area contributed by atoms with E-state index in [4.69, 9.17) is 20.0 Å². The van der Waals surface area contributed by atoms with Gasteiger partial charge in [-0.2, -0.15) is 0 Å². The Balaban J connectivity index is 4.28. The first-order valence-corrected chi connectivity index (χ1v) is 6.08. The molecule has 0 fully saturated rings. The Morgan fingerprint density at radius 2 is 1.61 bits per heavy atom. The van der Waals surface area contributed by atoms with Gasteiger partial charge in [-0.05, 0) is 0 Å². The molecule has 3 unspecified atom stereocenters. The summed E-state index contributed by atoms with van der Waals surface area (Å²) in [6, 6.07) is 0. The van der Waals surface area contributed by atoms with Gasteiger partial charge in [-0.3, -0.25) is 9.32 Å². The number of aliphatic carboxylic acids is 1. The molecule has 11 heteroatoms. The molecule has 0 aliphatic carbocycles. The van der Waals surface area contributed by atoms with Crippen molar-refractivity contribution in [1.82, 2.24) is 0 Å². The van der Waals surface area contributed by atoms with Gasteiger partial charge in [0.2, 0.25) is 5.78 Å². The fourth-order valence-electron chi connectivity index (χ4n) is 0.926. The van der Waals surface area contributed by atoms with E-state index in [1.54, 1.807) is 0 Å². The van der Waals surface area contributed by atoms with Crippen molar-refractivity contribution < 1.29 is 48.9 Å². The van der Waals surface area contributed by atoms with E-state index in [1.807, 2.05) is 0 Å². The zero-order valence-electron chi connectivity index (χ0n) is 8.91. The Labute approximate surface area is 101 Å². The van der Waals surface area contributed by atoms with Crippen LogP contribution in [0.2, 0.25) is 0 Å². The van der Waals surface area contributed by atoms with Crippen LogP contribution >= 0.6 is 7.82 Å². The van der Waals surface area contributed by atoms with Crippen LogP contribution in [0.15, 0.2) is 0 Å². The van der Waals surface area contributed by atoms with E-state index in [1.165, 1.54) is 0 Å². The zero-order valence-corrected chi connectivity index (χ0v) is 9.80. The molecule has 0 aliphatic rings. The van der Waals surface area contributed by atoms with Crippen LogP contribution in [0.4, 0.5) is 0 Å². The van der Waals surface area contributed by atoms with Crippen LogP contribution in [-0.2, 0) is 18.7 Å². The molecule has 0 aliphatic heterocycles. The second-order valence-corrected chi connectivity index (χ2v) is 4.58. The molecule has 6 N–H and O–H groups in total. The first-order valence-electron chi connectivity index (χ1n) is 4.55. The minimum Gasteiger partial charge on any atom is -0.475 e. The lowest BCUT2D eigenvalue weighted by molar-refractivity contribution is -0.151. The van der Waals surface area contributed by atoms with E-state index >= 15 is 0 Å². The standard InChI is InChI=1S/C7H13O10P/c8-3(1-4(9)7(12)13)6(11)5(10)2-17-18(14,15)16/h3,5-6,8,10-11H,1-2H2,(H,12,13)(H2,14,15,16). The Morgan fingerprint density at radius 1 is 1.11 bits per heavy atom. The van der Waals surface area contributed by atoms with Crippen molar-refractivity contribution in [1.29, 1.82) is 0 Å². The molecule has 0 heterocycles. The molecule has 0 aromatic heterocycles. The van der Waals surface area contributed by atoms with Crippen LogP contribution in [0, 0.1) is 0 Å². The summed E-state index contributed by atoms with van der Waals surface area (Å²) < 4.78 is 14.1. The fourth-order valence-corrected chi connectivity index (χ4v) is 1.27. The highest BCUT2D eigenvalue weighted by Crippen LogP contribution is 2.35. The summed E-state index contributed by atoms with van der Waals surface area (Å²) in [5.74, 6) is -3.20. The number of phosphoric acid groups is 1. The van der Waals surface area contributed by atoms with E-state index in [9.17, 15) is 24.4 Å². The molecule has 0 rings (SSSR count). The molecule has 0 radical (unpaired) electrons. The summed E-state index contributed by atoms with van der Waals surface area (Å²) in [6.07, 6.45) is -6.73. The number of phosphoric ester groups is 1. The molecule has 18 heavy (non-hydrogen) atoms. The number of carboxylic acids is 1. The molecule has 0 saturated carbocycles. The first kappa shape index (κ1) is 17.1. The van der Waals surface area contributed by atoms with E-state index in [-0.39, 0.29) is 0 Å². The predicted molar refractivity (Wildman–Crippen MR) is 53.3 cm³/mol. The number of carbonyl (C=O) groups excluding carboxylic acids is 1. The molecule has 0 spiro atoms. The Hall–Kier alpha value is -0.870. The molecule has 0 amide bonds. The summed E-state index contributed by atoms with van der Waals surface area (Å²) in [5, 5.41) is 35.8. The van der Waals surface area contributed by atoms with E-state index < -0.39 is 50.9 Å². The van der Waals surface area contributed by atoms with Crippen molar-refractivity contribution in [3.05, 3.63) is 0 Å². The molecule has 0 bridgehead atoms. The molecule has 3 atom stereocenters. The van der Waals surface area contributed by atoms with Crippen LogP contribution < -0.4 is 0 Å². The minimum atomic E-state index is -4.85. The third kappa shape index (κ3) is 6.77. The lowest BCUT2D eigenvalue weighted by atomic mass is 10.0. The van der Waals surface area contributed by atoms with Gasteiger partial charge in [0.05, 0.1) is 12.7 Å². The van der Waals surface area contributed by atoms with Gasteiger partial charge in [0.1, 0.15) is 12.2 Å². The topological polar surface area (TPSA) is 182 Å². The number of ketones is 1. The Kier molecular flexibility index (Phi) is 6.57. The molecule has 0 aromatic carbocycles. The van der Waals surface area contributed by atoms with Crippen LogP contribution in [0.1, 0.15) is 6.42 Å². The van der Waals surface area contributed by atoms with Crippen LogP contribution in [-0.4, -0.2) is 66.9 Å². The monoisotopic (exact) mass is 288 g/mol. The highest BCUT2D eigenvalue weighted by atomic mass is 31.2. The number of carbonyl (C=O) groups is 2. The molecular formula is C7H13O10P. The van der Waals surface area contributed by atoms with Gasteiger partial charge >= 0.3 is 13.8 Å². The highest BCUT2D eigenvalue weighted by Gasteiger charge is 2.30. The van der Waals surface area contributed by atoms with E-state index in [0.717, 1.165) is 0 Å². The average Bonchev–Trinajstić information content (AvgIpc) is 2.23. The third-order valence-electron chi connectivity index (χ3n) is 1.83. The molecule has 0 saturated heterocycles. The number of Topliss-reactive ketones (excluding diaryl/α,β-unsaturated/α-hetero) is 1. The number of aliphatic hydroxyl groups is 3. The summed E-state index contributed by atoms with van der Waals surface area (Å²) in [5.41, 5.74) is 0. The van der Waals surface area contributed by atoms with E-state index in [2.05, 4.69) is 4.52 Å². The number of carboxylic acid groups (broad SMARTS) is 1. The molecule has 106 valence electrons. The summed E-state index contributed by atoms with van der Waals surface area (Å²) >= 11 is 0. The largest absolute Gasteiger partial charge is 0.475 e. The number of hydrogen-bond donors (Lipinski definition) is 6. The van der Waals surface area contributed by atoms with Crippen LogP contribution in [0.5, 0.6) is 0 Å². The average molecular weight is 288 g/mol. The predicted octanol–water partition coefficient (Wildman–Crippen LogP) is -2.78. The normalized spacial score (nSPS) is 16.9. The number of rotatable bonds is 8. The van der Waals surface area contributed by atoms with Crippen molar-refractivity contribution in [2.24, 2.45) is 0 Å². The SMILES string of the molecule is O=C(O)C(=O)CC(O)C(O)C(O)COP(=O)(O)O. The second-order valence-electron chi connectivity index (χ2n) is 3.34.